The van der Waals surface area contributed by atoms with Gasteiger partial charge in [0.1, 0.15) is 72.2 Å². The largest absolute Gasteiger partial charge is 0.508 e. The number of phenolic OH excluding ortho intramolecular Hbond substituents is 1. The zero-order valence-corrected chi connectivity index (χ0v) is 63.0. The first-order valence-corrected chi connectivity index (χ1v) is 36.4. The lowest BCUT2D eigenvalue weighted by Gasteiger charge is -2.29. The van der Waals surface area contributed by atoms with Gasteiger partial charge in [0.15, 0.2) is 0 Å². The third-order valence-corrected chi connectivity index (χ3v) is 18.0. The van der Waals surface area contributed by atoms with E-state index in [-0.39, 0.29) is 49.5 Å². The third kappa shape index (κ3) is 29.6. The van der Waals surface area contributed by atoms with Crippen LogP contribution in [0, 0.1) is 5.92 Å². The number of fused-ring (bicyclic) bond motifs is 2. The number of hydrogen-bond donors (Lipinski definition) is 23. The predicted octanol–water partition coefficient (Wildman–Crippen LogP) is -4.72. The number of aliphatic hydroxyl groups excluding tert-OH is 1. The molecule has 5 aromatic rings. The highest BCUT2D eigenvalue weighted by atomic mass is 32.1. The molecule has 2 aromatic heterocycles. The van der Waals surface area contributed by atoms with Gasteiger partial charge >= 0.3 is 5.97 Å². The number of primary amides is 4. The highest BCUT2D eigenvalue weighted by Crippen LogP contribution is 2.23. The molecule has 12 atom stereocenters. The molecule has 0 aliphatic carbocycles. The van der Waals surface area contributed by atoms with Crippen LogP contribution in [0.3, 0.4) is 0 Å². The van der Waals surface area contributed by atoms with Crippen LogP contribution in [0.4, 0.5) is 0 Å². The van der Waals surface area contributed by atoms with Gasteiger partial charge in [-0.2, -0.15) is 25.3 Å². The molecule has 16 amide bonds. The summed E-state index contributed by atoms with van der Waals surface area (Å²) in [6.45, 7) is 5.12. The smallest absolute Gasteiger partial charge is 0.303 e. The average molecular weight is 1590 g/mol. The molecule has 3 aromatic carbocycles. The molecule has 0 spiro atoms. The SMILES string of the molecule is CC(=O)N[C@@H](CS)C(=O)N[C@@H](CCC(N)=O)C(=O)N[C@H](C(=O)N[C@@H](Cc1c[nH]c2ccccc12)C(=O)N[C@@H](CCC(N)=O)C(=O)N[C@@H](CS)C(=O)N[C@H](Cc1ccc(O)cc1)C(=O)N[C@@H](Cc1c[nH]c2ccccc12)C(=O)N[C@@H](CCC(C)C)C(=O)N[C@@H](CCC(=O)O)C(=O)N[C@@H](CC(N)=O)C(=O)NCC(N)=O)[C@@H](C)O. The predicted molar refractivity (Wildman–Crippen MR) is 406 cm³/mol. The number of benzene rings is 3. The highest BCUT2D eigenvalue weighted by molar-refractivity contribution is 7.80. The summed E-state index contributed by atoms with van der Waals surface area (Å²) >= 11 is 8.44. The van der Waals surface area contributed by atoms with Crippen molar-refractivity contribution in [3.05, 3.63) is 102 Å². The van der Waals surface area contributed by atoms with E-state index >= 15 is 9.59 Å². The van der Waals surface area contributed by atoms with Crippen LogP contribution >= 0.6 is 25.3 Å². The van der Waals surface area contributed by atoms with Gasteiger partial charge in [-0.05, 0) is 85.9 Å². The highest BCUT2D eigenvalue weighted by Gasteiger charge is 2.39. The number of para-hydroxylation sites is 2. The normalized spacial score (nSPS) is 14.4. The Morgan fingerprint density at radius 3 is 1.18 bits per heavy atom. The summed E-state index contributed by atoms with van der Waals surface area (Å²) < 4.78 is 0. The van der Waals surface area contributed by atoms with E-state index in [1.165, 1.54) is 30.5 Å². The summed E-state index contributed by atoms with van der Waals surface area (Å²) in [4.78, 5) is 235. The molecule has 0 unspecified atom stereocenters. The van der Waals surface area contributed by atoms with Crippen LogP contribution in [0.15, 0.2) is 85.2 Å². The maximum Gasteiger partial charge on any atom is 0.303 e. The molecule has 0 saturated heterocycles. The van der Waals surface area contributed by atoms with Crippen molar-refractivity contribution < 1.29 is 96.8 Å². The van der Waals surface area contributed by atoms with Crippen LogP contribution in [0.5, 0.6) is 5.75 Å². The molecule has 602 valence electrons. The van der Waals surface area contributed by atoms with Crippen LogP contribution in [0.25, 0.3) is 21.8 Å². The Labute approximate surface area is 647 Å². The number of aromatic nitrogens is 2. The molecule has 0 radical (unpaired) electrons. The first-order valence-electron chi connectivity index (χ1n) is 35.2. The second-order valence-corrected chi connectivity index (χ2v) is 27.4. The Morgan fingerprint density at radius 1 is 0.405 bits per heavy atom. The molecular formula is C71H96N18O20S2. The van der Waals surface area contributed by atoms with Crippen molar-refractivity contribution in [1.29, 1.82) is 0 Å². The van der Waals surface area contributed by atoms with Gasteiger partial charge in [0.2, 0.25) is 94.5 Å². The van der Waals surface area contributed by atoms with Crippen molar-refractivity contribution in [3.63, 3.8) is 0 Å². The van der Waals surface area contributed by atoms with Gasteiger partial charge in [-0.25, -0.2) is 0 Å². The molecule has 5 rings (SSSR count). The number of hydrogen-bond acceptors (Lipinski definition) is 21. The second kappa shape index (κ2) is 44.0. The molecule has 0 saturated carbocycles. The van der Waals surface area contributed by atoms with Crippen LogP contribution < -0.4 is 86.7 Å². The fraction of sp³-hybridized carbons (Fsp3) is 0.451. The van der Waals surface area contributed by atoms with Crippen molar-refractivity contribution in [2.24, 2.45) is 28.9 Å². The number of aliphatic carboxylic acids is 1. The zero-order chi connectivity index (χ0) is 82.3. The maximum absolute atomic E-state index is 15.1. The zero-order valence-electron chi connectivity index (χ0n) is 61.2. The second-order valence-electron chi connectivity index (χ2n) is 26.7. The van der Waals surface area contributed by atoms with Crippen molar-refractivity contribution in [2.45, 2.75) is 177 Å². The Bertz CT molecular complexity index is 4190. The van der Waals surface area contributed by atoms with E-state index in [0.29, 0.717) is 38.5 Å². The topological polar surface area (TPSA) is 631 Å². The van der Waals surface area contributed by atoms with Crippen LogP contribution in [0.2, 0.25) is 0 Å². The fourth-order valence-corrected chi connectivity index (χ4v) is 11.9. The third-order valence-electron chi connectivity index (χ3n) is 17.3. The lowest BCUT2D eigenvalue weighted by Crippen LogP contribution is -2.62. The summed E-state index contributed by atoms with van der Waals surface area (Å²) in [5.41, 5.74) is 23.8. The molecular weight excluding hydrogens is 1490 g/mol. The number of amides is 16. The summed E-state index contributed by atoms with van der Waals surface area (Å²) in [6.07, 6.45) is -3.79. The van der Waals surface area contributed by atoms with Crippen molar-refractivity contribution in [1.82, 2.24) is 73.8 Å². The number of nitrogens with one attached hydrogen (secondary N) is 14. The first-order chi connectivity index (χ1) is 52.5. The van der Waals surface area contributed by atoms with Gasteiger partial charge in [0, 0.05) is 91.2 Å². The van der Waals surface area contributed by atoms with E-state index < -0.39 is 230 Å². The number of carbonyl (C=O) groups is 17. The van der Waals surface area contributed by atoms with Gasteiger partial charge in [-0.15, -0.1) is 0 Å². The molecule has 25 N–H and O–H groups in total. The number of phenols is 1. The van der Waals surface area contributed by atoms with Crippen LogP contribution in [-0.2, 0) is 101 Å². The van der Waals surface area contributed by atoms with E-state index in [4.69, 9.17) is 22.9 Å². The van der Waals surface area contributed by atoms with Gasteiger partial charge in [-0.3, -0.25) is 81.5 Å². The standard InChI is InChI=1S/C71H96N18O20S2/c1-34(2)13-18-45(62(100)80-48(21-24-59(97)98)63(101)86-52(28-57(74)95)61(99)78-31-58(75)96)81-67(105)50(26-38-29-76-43-11-7-5-9-41(38)43)85-66(104)49(25-37-14-16-40(92)17-15-37)84-70(108)54(33-111)88-64(102)46(19-22-55(72)93)82-68(106)51(27-39-30-77-44-12-8-6-10-42(39)44)87-71(109)60(35(3)90)89-65(103)47(20-23-56(73)94)83-69(107)53(32-110)79-36(4)91/h5-12,14-17,29-30,34-35,45-54,60,76-77,90,92,110-111H,13,18-28,31-33H2,1-4H3,(H2,72,93)(H2,73,94)(H2,74,95)(H2,75,96)(H,78,99)(H,79,91)(H,80,100)(H,81,105)(H,82,106)(H,83,107)(H,84,108)(H,85,104)(H,86,101)(H,87,109)(H,88,102)(H,89,103)(H,97,98)/t35-,45+,46+,47+,48+,49-,50+,51+,52+,53+,54+,60+/m1/s1. The van der Waals surface area contributed by atoms with E-state index in [0.717, 1.165) is 13.8 Å². The Hall–Kier alpha value is -11.8. The molecule has 38 nitrogen and oxygen atoms in total. The number of aromatic hydroxyl groups is 1. The summed E-state index contributed by atoms with van der Waals surface area (Å²) in [5.74, 6) is -19.0. The number of thiol groups is 2. The lowest BCUT2D eigenvalue weighted by atomic mass is 9.99. The summed E-state index contributed by atoms with van der Waals surface area (Å²) in [6, 6.07) is 0.675. The summed E-state index contributed by atoms with van der Waals surface area (Å²) in [5, 5.41) is 61.4. The van der Waals surface area contributed by atoms with E-state index in [2.05, 4.69) is 99.0 Å². The lowest BCUT2D eigenvalue weighted by molar-refractivity contribution is -0.139. The minimum Gasteiger partial charge on any atom is -0.508 e. The van der Waals surface area contributed by atoms with Crippen molar-refractivity contribution in [3.8, 4) is 5.75 Å². The monoisotopic (exact) mass is 1580 g/mol. The molecule has 0 bridgehead atoms. The average Bonchev–Trinajstić information content (AvgIpc) is 1.71. The van der Waals surface area contributed by atoms with Crippen molar-refractivity contribution in [2.75, 3.05) is 18.1 Å². The minimum absolute atomic E-state index is 0.132. The van der Waals surface area contributed by atoms with Crippen LogP contribution in [0.1, 0.15) is 102 Å². The minimum atomic E-state index is -1.92. The van der Waals surface area contributed by atoms with Gasteiger partial charge in [0.25, 0.3) is 0 Å². The van der Waals surface area contributed by atoms with E-state index in [1.54, 1.807) is 68.6 Å². The Morgan fingerprint density at radius 2 is 0.775 bits per heavy atom. The van der Waals surface area contributed by atoms with Crippen molar-refractivity contribution >= 4 is 148 Å². The summed E-state index contributed by atoms with van der Waals surface area (Å²) in [7, 11) is 0. The van der Waals surface area contributed by atoms with E-state index in [9.17, 15) is 87.2 Å². The Kier molecular flexibility index (Phi) is 35.6. The van der Waals surface area contributed by atoms with E-state index in [1.807, 2.05) is 0 Å². The first kappa shape index (κ1) is 89.8. The number of H-pyrrole nitrogens is 2. The molecule has 0 fully saturated rings. The quantitative estimate of drug-likeness (QED) is 0.0163. The van der Waals surface area contributed by atoms with Gasteiger partial charge < -0.3 is 112 Å². The van der Waals surface area contributed by atoms with Crippen LogP contribution in [-0.4, -0.2) is 216 Å². The number of carbonyl (C=O) groups excluding carboxylic acids is 16. The number of aliphatic hydroxyl groups is 1. The fourth-order valence-electron chi connectivity index (χ4n) is 11.4. The maximum atomic E-state index is 15.1. The van der Waals surface area contributed by atoms with Gasteiger partial charge in [0.05, 0.1) is 19.1 Å². The number of aromatic amines is 2. The molecule has 111 heavy (non-hydrogen) atoms. The number of carboxylic acid groups (broad SMARTS) is 1. The number of rotatable bonds is 47. The Balaban J connectivity index is 1.48. The molecule has 2 heterocycles. The molecule has 40 heteroatoms. The van der Waals surface area contributed by atoms with Gasteiger partial charge in [-0.1, -0.05) is 62.4 Å². The molecule has 0 aliphatic heterocycles. The molecule has 0 aliphatic rings. The number of nitrogens with two attached hydrogens (primary N) is 4. The number of carboxylic acids is 1.